The summed E-state index contributed by atoms with van der Waals surface area (Å²) in [7, 11) is 0. The first kappa shape index (κ1) is 16.8. The molecule has 0 atom stereocenters. The molecule has 1 saturated heterocycles. The molecule has 0 radical (unpaired) electrons. The molecule has 0 amide bonds. The normalized spacial score (nSPS) is 15.2. The van der Waals surface area contributed by atoms with Crippen LogP contribution in [0.3, 0.4) is 0 Å². The molecule has 1 aliphatic heterocycles. The van der Waals surface area contributed by atoms with Crippen molar-refractivity contribution >= 4 is 16.7 Å². The third kappa shape index (κ3) is 3.95. The zero-order valence-corrected chi connectivity index (χ0v) is 14.6. The summed E-state index contributed by atoms with van der Waals surface area (Å²) in [6.07, 6.45) is 8.11. The van der Waals surface area contributed by atoms with Crippen molar-refractivity contribution in [1.29, 1.82) is 0 Å². The van der Waals surface area contributed by atoms with Gasteiger partial charge in [0.2, 0.25) is 0 Å². The minimum Gasteiger partial charge on any atom is -0.379 e. The van der Waals surface area contributed by atoms with Gasteiger partial charge in [-0.05, 0) is 31.2 Å². The molecule has 134 valence electrons. The lowest BCUT2D eigenvalue weighted by Crippen LogP contribution is -2.37. The van der Waals surface area contributed by atoms with Crippen LogP contribution in [0.4, 0.5) is 5.82 Å². The zero-order chi connectivity index (χ0) is 17.6. The Morgan fingerprint density at radius 2 is 1.81 bits per heavy atom. The first-order valence-corrected chi connectivity index (χ1v) is 8.96. The molecular formula is C19H22N6O. The molecule has 0 aliphatic carbocycles. The molecule has 1 fully saturated rings. The molecule has 0 aromatic carbocycles. The summed E-state index contributed by atoms with van der Waals surface area (Å²) in [5.41, 5.74) is 1.78. The van der Waals surface area contributed by atoms with E-state index in [1.165, 1.54) is 0 Å². The second kappa shape index (κ2) is 8.16. The van der Waals surface area contributed by atoms with Crippen molar-refractivity contribution in [2.45, 2.75) is 6.42 Å². The fourth-order valence-corrected chi connectivity index (χ4v) is 3.08. The number of nitrogens with one attached hydrogen (secondary N) is 1. The second-order valence-corrected chi connectivity index (χ2v) is 6.26. The van der Waals surface area contributed by atoms with Crippen molar-refractivity contribution in [3.63, 3.8) is 0 Å². The molecule has 0 spiro atoms. The zero-order valence-electron chi connectivity index (χ0n) is 14.6. The molecule has 4 heterocycles. The third-order valence-electron chi connectivity index (χ3n) is 4.49. The van der Waals surface area contributed by atoms with E-state index in [0.717, 1.165) is 68.1 Å². The van der Waals surface area contributed by atoms with Crippen molar-refractivity contribution in [1.82, 2.24) is 24.8 Å². The largest absolute Gasteiger partial charge is 0.379 e. The molecule has 3 aromatic heterocycles. The average molecular weight is 350 g/mol. The highest BCUT2D eigenvalue weighted by Gasteiger charge is 2.11. The van der Waals surface area contributed by atoms with E-state index >= 15 is 0 Å². The summed E-state index contributed by atoms with van der Waals surface area (Å²) in [6.45, 7) is 5.65. The van der Waals surface area contributed by atoms with Crippen LogP contribution in [0, 0.1) is 0 Å². The quantitative estimate of drug-likeness (QED) is 0.683. The van der Waals surface area contributed by atoms with Crippen LogP contribution in [0.5, 0.6) is 0 Å². The lowest BCUT2D eigenvalue weighted by atomic mass is 10.2. The molecule has 0 saturated carbocycles. The van der Waals surface area contributed by atoms with E-state index in [4.69, 9.17) is 9.72 Å². The Hall–Kier alpha value is -2.64. The standard InChI is InChI=1S/C19H22N6O/c1(9-25-10-12-26-13-11-25)5-22-19-16-4-8-21-14-17(16)23-18(24-19)15-2-6-20-7-3-15/h2-4,6-8,14H,1,5,9-13H2,(H,22,23,24). The molecule has 3 aromatic rings. The summed E-state index contributed by atoms with van der Waals surface area (Å²) < 4.78 is 5.39. The number of hydrogen-bond acceptors (Lipinski definition) is 7. The Morgan fingerprint density at radius 3 is 2.65 bits per heavy atom. The minimum atomic E-state index is 0.684. The highest BCUT2D eigenvalue weighted by Crippen LogP contribution is 2.23. The van der Waals surface area contributed by atoms with Gasteiger partial charge in [0, 0.05) is 49.2 Å². The van der Waals surface area contributed by atoms with E-state index in [1.54, 1.807) is 24.8 Å². The Labute approximate surface area is 152 Å². The Bertz CT molecular complexity index is 851. The monoisotopic (exact) mass is 350 g/mol. The van der Waals surface area contributed by atoms with Crippen LogP contribution < -0.4 is 5.32 Å². The van der Waals surface area contributed by atoms with E-state index < -0.39 is 0 Å². The summed E-state index contributed by atoms with van der Waals surface area (Å²) in [4.78, 5) is 20.1. The Kier molecular flexibility index (Phi) is 5.27. The van der Waals surface area contributed by atoms with Gasteiger partial charge in [0.05, 0.1) is 24.9 Å². The molecule has 7 heteroatoms. The van der Waals surface area contributed by atoms with Gasteiger partial charge in [0.25, 0.3) is 0 Å². The number of morpholine rings is 1. The van der Waals surface area contributed by atoms with Gasteiger partial charge < -0.3 is 10.1 Å². The number of rotatable bonds is 6. The van der Waals surface area contributed by atoms with E-state index in [9.17, 15) is 0 Å². The van der Waals surface area contributed by atoms with Gasteiger partial charge in [-0.15, -0.1) is 0 Å². The summed E-state index contributed by atoms with van der Waals surface area (Å²) in [5.74, 6) is 1.54. The van der Waals surface area contributed by atoms with Crippen LogP contribution in [-0.4, -0.2) is 64.2 Å². The fraction of sp³-hybridized carbons (Fsp3) is 0.368. The predicted octanol–water partition coefficient (Wildman–Crippen LogP) is 2.22. The number of fused-ring (bicyclic) bond motifs is 1. The van der Waals surface area contributed by atoms with Gasteiger partial charge >= 0.3 is 0 Å². The molecule has 4 rings (SSSR count). The third-order valence-corrected chi connectivity index (χ3v) is 4.49. The first-order chi connectivity index (χ1) is 12.9. The van der Waals surface area contributed by atoms with Crippen LogP contribution >= 0.6 is 0 Å². The molecule has 1 N–H and O–H groups in total. The number of anilines is 1. The summed E-state index contributed by atoms with van der Waals surface area (Å²) >= 11 is 0. The van der Waals surface area contributed by atoms with Crippen molar-refractivity contribution in [2.24, 2.45) is 0 Å². The summed E-state index contributed by atoms with van der Waals surface area (Å²) in [5, 5.41) is 4.47. The van der Waals surface area contributed by atoms with Crippen LogP contribution in [0.2, 0.25) is 0 Å². The highest BCUT2D eigenvalue weighted by molar-refractivity contribution is 5.89. The van der Waals surface area contributed by atoms with Crippen LogP contribution in [0.15, 0.2) is 43.0 Å². The second-order valence-electron chi connectivity index (χ2n) is 6.26. The van der Waals surface area contributed by atoms with Crippen molar-refractivity contribution in [3.8, 4) is 11.4 Å². The van der Waals surface area contributed by atoms with Gasteiger partial charge in [-0.25, -0.2) is 9.97 Å². The number of ether oxygens (including phenoxy) is 1. The number of hydrogen-bond donors (Lipinski definition) is 1. The maximum absolute atomic E-state index is 5.39. The fourth-order valence-electron chi connectivity index (χ4n) is 3.08. The molecule has 0 unspecified atom stereocenters. The average Bonchev–Trinajstić information content (AvgIpc) is 2.72. The van der Waals surface area contributed by atoms with E-state index in [2.05, 4.69) is 25.2 Å². The molecule has 1 aliphatic rings. The minimum absolute atomic E-state index is 0.684. The topological polar surface area (TPSA) is 76.1 Å². The summed E-state index contributed by atoms with van der Waals surface area (Å²) in [6, 6.07) is 5.79. The van der Waals surface area contributed by atoms with Crippen molar-refractivity contribution < 1.29 is 4.74 Å². The number of aromatic nitrogens is 4. The molecule has 26 heavy (non-hydrogen) atoms. The van der Waals surface area contributed by atoms with E-state index in [-0.39, 0.29) is 0 Å². The van der Waals surface area contributed by atoms with Gasteiger partial charge in [-0.2, -0.15) is 0 Å². The molecule has 0 bridgehead atoms. The maximum atomic E-state index is 5.39. The van der Waals surface area contributed by atoms with Gasteiger partial charge in [-0.3, -0.25) is 14.9 Å². The van der Waals surface area contributed by atoms with E-state index in [0.29, 0.717) is 5.82 Å². The SMILES string of the molecule is c1cc(-c2nc(NCCCN3CCOCC3)c3ccncc3n2)ccn1. The van der Waals surface area contributed by atoms with Crippen molar-refractivity contribution in [2.75, 3.05) is 44.7 Å². The van der Waals surface area contributed by atoms with Gasteiger partial charge in [0.15, 0.2) is 5.82 Å². The number of pyridine rings is 2. The molecule has 7 nitrogen and oxygen atoms in total. The maximum Gasteiger partial charge on any atom is 0.162 e. The Morgan fingerprint density at radius 1 is 1.00 bits per heavy atom. The first-order valence-electron chi connectivity index (χ1n) is 8.96. The van der Waals surface area contributed by atoms with Gasteiger partial charge in [0.1, 0.15) is 5.82 Å². The van der Waals surface area contributed by atoms with Crippen LogP contribution in [-0.2, 0) is 4.74 Å². The van der Waals surface area contributed by atoms with Gasteiger partial charge in [-0.1, -0.05) is 0 Å². The smallest absolute Gasteiger partial charge is 0.162 e. The van der Waals surface area contributed by atoms with E-state index in [1.807, 2.05) is 18.2 Å². The molecular weight excluding hydrogens is 328 g/mol. The highest BCUT2D eigenvalue weighted by atomic mass is 16.5. The Balaban J connectivity index is 1.49. The van der Waals surface area contributed by atoms with Crippen LogP contribution in [0.25, 0.3) is 22.3 Å². The number of nitrogens with zero attached hydrogens (tertiary/aromatic N) is 5. The predicted molar refractivity (Wildman–Crippen MR) is 101 cm³/mol. The lowest BCUT2D eigenvalue weighted by molar-refractivity contribution is 0.0378. The van der Waals surface area contributed by atoms with Crippen molar-refractivity contribution in [3.05, 3.63) is 43.0 Å². The van der Waals surface area contributed by atoms with Crippen LogP contribution in [0.1, 0.15) is 6.42 Å². The lowest BCUT2D eigenvalue weighted by Gasteiger charge is -2.26.